The van der Waals surface area contributed by atoms with E-state index in [1.165, 1.54) is 0 Å². The molecule has 0 radical (unpaired) electrons. The summed E-state index contributed by atoms with van der Waals surface area (Å²) in [6, 6.07) is 2.06. The Balaban J connectivity index is 1.42. The van der Waals surface area contributed by atoms with Crippen molar-refractivity contribution >= 4 is 31.5 Å². The second kappa shape index (κ2) is 7.71. The number of allylic oxidation sites excluding steroid dienone is 1. The van der Waals surface area contributed by atoms with Crippen molar-refractivity contribution in [1.82, 2.24) is 24.4 Å². The fourth-order valence-corrected chi connectivity index (χ4v) is 5.72. The summed E-state index contributed by atoms with van der Waals surface area (Å²) in [7, 11) is 2.59. The van der Waals surface area contributed by atoms with Gasteiger partial charge >= 0.3 is 0 Å². The topological polar surface area (TPSA) is 66.1 Å². The molecule has 0 N–H and O–H groups in total. The minimum absolute atomic E-state index is 0.0113. The Morgan fingerprint density at radius 2 is 2.07 bits per heavy atom. The van der Waals surface area contributed by atoms with Crippen LogP contribution in [0.2, 0.25) is 0 Å². The molecule has 0 saturated carbocycles. The third-order valence-electron chi connectivity index (χ3n) is 6.16. The summed E-state index contributed by atoms with van der Waals surface area (Å²) in [6.45, 7) is 6.26. The van der Waals surface area contributed by atoms with Crippen LogP contribution < -0.4 is 0 Å². The number of hydrogen-bond acceptors (Lipinski definition) is 5. The summed E-state index contributed by atoms with van der Waals surface area (Å²) in [5.74, 6) is 0.455. The normalized spacial score (nSPS) is 23.8. The summed E-state index contributed by atoms with van der Waals surface area (Å²) in [5.41, 5.74) is 4.91. The van der Waals surface area contributed by atoms with Gasteiger partial charge in [-0.1, -0.05) is 15.5 Å². The van der Waals surface area contributed by atoms with Crippen LogP contribution in [0, 0.1) is 12.8 Å². The molecule has 3 aliphatic heterocycles. The number of carbonyl (C=O) groups excluding carboxylic acids is 1. The first-order valence-corrected chi connectivity index (χ1v) is 11.7. The highest BCUT2D eigenvalue weighted by molar-refractivity contribution is 7.52. The number of fused-ring (bicyclic) bond motifs is 2. The average molecular weight is 422 g/mol. The quantitative estimate of drug-likeness (QED) is 0.713. The Bertz CT molecular complexity index is 1090. The van der Waals surface area contributed by atoms with Crippen molar-refractivity contribution in [1.29, 1.82) is 0 Å². The first-order chi connectivity index (χ1) is 14.5. The molecule has 2 atom stereocenters. The molecule has 30 heavy (non-hydrogen) atoms. The number of aromatic nitrogens is 3. The van der Waals surface area contributed by atoms with E-state index in [0.29, 0.717) is 14.5 Å². The van der Waals surface area contributed by atoms with Crippen molar-refractivity contribution in [3.8, 4) is 0 Å². The number of nitrogens with zero attached hydrogens (tertiary/aromatic N) is 6. The molecule has 2 aromatic heterocycles. The van der Waals surface area contributed by atoms with E-state index in [4.69, 9.17) is 10.1 Å². The highest BCUT2D eigenvalue weighted by Gasteiger charge is 2.32. The lowest BCUT2D eigenvalue weighted by Crippen LogP contribution is -2.39. The van der Waals surface area contributed by atoms with Crippen LogP contribution in [-0.4, -0.2) is 62.4 Å². The van der Waals surface area contributed by atoms with E-state index >= 15 is 0 Å². The number of carbonyl (C=O) groups is 1. The predicted molar refractivity (Wildman–Crippen MR) is 121 cm³/mol. The second-order valence-electron chi connectivity index (χ2n) is 8.34. The molecule has 0 bridgehead atoms. The first kappa shape index (κ1) is 19.6. The largest absolute Gasteiger partial charge is 0.306 e. The monoisotopic (exact) mass is 422 g/mol. The van der Waals surface area contributed by atoms with Gasteiger partial charge in [0.15, 0.2) is 0 Å². The maximum absolute atomic E-state index is 13.0. The molecule has 1 saturated heterocycles. The van der Waals surface area contributed by atoms with Crippen LogP contribution in [-0.2, 0) is 11.2 Å². The van der Waals surface area contributed by atoms with E-state index < -0.39 is 0 Å². The van der Waals surface area contributed by atoms with E-state index in [1.54, 1.807) is 6.08 Å². The van der Waals surface area contributed by atoms with Crippen LogP contribution in [0.25, 0.3) is 10.8 Å². The van der Waals surface area contributed by atoms with Gasteiger partial charge < -0.3 is 9.80 Å². The van der Waals surface area contributed by atoms with Crippen LogP contribution in [0.3, 0.4) is 0 Å². The molecule has 0 aliphatic carbocycles. The number of amides is 1. The van der Waals surface area contributed by atoms with Crippen molar-refractivity contribution in [2.24, 2.45) is 10.9 Å². The smallest absolute Gasteiger partial charge is 0.252 e. The fraction of sp³-hybridized carbons (Fsp3) is 0.455. The van der Waals surface area contributed by atoms with Crippen molar-refractivity contribution in [3.63, 3.8) is 0 Å². The van der Waals surface area contributed by atoms with Crippen LogP contribution in [0.5, 0.6) is 0 Å². The Hall–Kier alpha value is -2.37. The number of hydrogen-bond donors (Lipinski definition) is 0. The molecule has 7 nitrogen and oxygen atoms in total. The minimum atomic E-state index is -0.0113. The standard InChI is InChI=1S/C22H27N6OP/c1-4-16-19-9-17(25-28(19)12-14(2)24-16)20-10-21(29)27-13-18(23-11-22(27)30-20)15-5-7-26(3)8-6-15/h9-13,15,22,30H,4-8H2,1-3H3. The van der Waals surface area contributed by atoms with E-state index in [-0.39, 0.29) is 11.7 Å². The van der Waals surface area contributed by atoms with Crippen LogP contribution >= 0.6 is 8.58 Å². The molecule has 2 unspecified atom stereocenters. The molecule has 1 fully saturated rings. The average Bonchev–Trinajstić information content (AvgIpc) is 3.17. The lowest BCUT2D eigenvalue weighted by Gasteiger charge is -2.35. The third-order valence-corrected chi connectivity index (χ3v) is 7.60. The van der Waals surface area contributed by atoms with E-state index in [9.17, 15) is 4.79 Å². The van der Waals surface area contributed by atoms with Crippen molar-refractivity contribution in [3.05, 3.63) is 47.3 Å². The molecule has 156 valence electrons. The molecule has 8 heteroatoms. The number of rotatable bonds is 3. The zero-order valence-corrected chi connectivity index (χ0v) is 18.7. The summed E-state index contributed by atoms with van der Waals surface area (Å²) < 4.78 is 1.89. The van der Waals surface area contributed by atoms with Gasteiger partial charge in [0, 0.05) is 29.7 Å². The van der Waals surface area contributed by atoms with Gasteiger partial charge in [0.2, 0.25) is 0 Å². The van der Waals surface area contributed by atoms with Gasteiger partial charge in [-0.2, -0.15) is 5.10 Å². The molecular formula is C22H27N6OP. The van der Waals surface area contributed by atoms with Gasteiger partial charge in [0.25, 0.3) is 5.91 Å². The van der Waals surface area contributed by atoms with Crippen LogP contribution in [0.15, 0.2) is 35.2 Å². The van der Waals surface area contributed by atoms with E-state index in [0.717, 1.165) is 66.0 Å². The molecule has 3 aliphatic rings. The number of aryl methyl sites for hydroxylation is 2. The van der Waals surface area contributed by atoms with Gasteiger partial charge in [-0.25, -0.2) is 4.52 Å². The van der Waals surface area contributed by atoms with Crippen LogP contribution in [0.4, 0.5) is 0 Å². The minimum Gasteiger partial charge on any atom is -0.306 e. The fourth-order valence-electron chi connectivity index (χ4n) is 4.43. The maximum Gasteiger partial charge on any atom is 0.252 e. The lowest BCUT2D eigenvalue weighted by atomic mass is 9.94. The molecule has 1 amide bonds. The Labute approximate surface area is 178 Å². The molecular weight excluding hydrogens is 395 g/mol. The number of likely N-dealkylation sites (tertiary alicyclic amines) is 1. The molecule has 5 rings (SSSR count). The predicted octanol–water partition coefficient (Wildman–Crippen LogP) is 3.06. The SMILES string of the molecule is CCc1nc(C)cn2nc(C3=CC(=O)N4C=C(C5CCN(C)CC5)N=CC4P3)cc12. The van der Waals surface area contributed by atoms with Gasteiger partial charge in [-0.15, -0.1) is 0 Å². The summed E-state index contributed by atoms with van der Waals surface area (Å²) >= 11 is 0. The highest BCUT2D eigenvalue weighted by Crippen LogP contribution is 2.43. The summed E-state index contributed by atoms with van der Waals surface area (Å²) in [5, 5.41) is 5.75. The Kier molecular flexibility index (Phi) is 5.03. The molecule has 0 aromatic carbocycles. The Morgan fingerprint density at radius 1 is 1.27 bits per heavy atom. The molecule has 2 aromatic rings. The Morgan fingerprint density at radius 3 is 2.83 bits per heavy atom. The van der Waals surface area contributed by atoms with Crippen molar-refractivity contribution in [2.45, 2.75) is 38.9 Å². The number of aliphatic imine (C=N–C) groups is 1. The van der Waals surface area contributed by atoms with Crippen molar-refractivity contribution < 1.29 is 4.79 Å². The third kappa shape index (κ3) is 3.50. The van der Waals surface area contributed by atoms with Gasteiger partial charge in [0.1, 0.15) is 0 Å². The molecule has 5 heterocycles. The highest BCUT2D eigenvalue weighted by atomic mass is 31.1. The molecule has 0 spiro atoms. The first-order valence-electron chi connectivity index (χ1n) is 10.6. The second-order valence-corrected chi connectivity index (χ2v) is 9.76. The van der Waals surface area contributed by atoms with Gasteiger partial charge in [0.05, 0.1) is 40.3 Å². The summed E-state index contributed by atoms with van der Waals surface area (Å²) in [6.07, 6.45) is 10.7. The zero-order valence-electron chi connectivity index (χ0n) is 17.7. The van der Waals surface area contributed by atoms with Gasteiger partial charge in [-0.3, -0.25) is 14.8 Å². The van der Waals surface area contributed by atoms with E-state index in [1.807, 2.05) is 35.0 Å². The van der Waals surface area contributed by atoms with Crippen molar-refractivity contribution in [2.75, 3.05) is 20.1 Å². The van der Waals surface area contributed by atoms with Gasteiger partial charge in [-0.05, 0) is 52.4 Å². The van der Waals surface area contributed by atoms with Crippen LogP contribution in [0.1, 0.15) is 36.8 Å². The lowest BCUT2D eigenvalue weighted by molar-refractivity contribution is -0.123. The maximum atomic E-state index is 13.0. The summed E-state index contributed by atoms with van der Waals surface area (Å²) in [4.78, 5) is 26.6. The zero-order chi connectivity index (χ0) is 20.8. The van der Waals surface area contributed by atoms with E-state index in [2.05, 4.69) is 29.9 Å². The number of piperidine rings is 1.